The fraction of sp³-hybridized carbons (Fsp3) is 0.0465. The minimum absolute atomic E-state index is 0.852. The lowest BCUT2D eigenvalue weighted by Gasteiger charge is -2.29. The third kappa shape index (κ3) is 4.01. The highest BCUT2D eigenvalue weighted by Crippen LogP contribution is 2.40. The Balaban J connectivity index is 1.24. The molecule has 8 aromatic rings. The van der Waals surface area contributed by atoms with Crippen LogP contribution >= 0.6 is 0 Å². The molecule has 0 radical (unpaired) electrons. The highest BCUT2D eigenvalue weighted by molar-refractivity contribution is 6.14. The molecule has 2 aliphatic rings. The van der Waals surface area contributed by atoms with Gasteiger partial charge in [0.15, 0.2) is 0 Å². The molecular weight excluding hydrogens is 587 g/mol. The summed E-state index contributed by atoms with van der Waals surface area (Å²) < 4.78 is 4.75. The second-order valence-corrected chi connectivity index (χ2v) is 12.5. The summed E-state index contributed by atoms with van der Waals surface area (Å²) in [5.41, 5.74) is 17.4. The van der Waals surface area contributed by atoms with Crippen LogP contribution in [0.15, 0.2) is 162 Å². The molecule has 228 valence electrons. The van der Waals surface area contributed by atoms with Crippen molar-refractivity contribution in [2.45, 2.75) is 12.8 Å². The van der Waals surface area contributed by atoms with Gasteiger partial charge in [0.05, 0.1) is 33.5 Å². The highest BCUT2D eigenvalue weighted by Gasteiger charge is 2.27. The molecule has 0 unspecified atom stereocenters. The van der Waals surface area contributed by atoms with Gasteiger partial charge in [-0.25, -0.2) is 0 Å². The van der Waals surface area contributed by atoms with Crippen molar-refractivity contribution < 1.29 is 0 Å². The summed E-state index contributed by atoms with van der Waals surface area (Å²) in [5.74, 6) is 1.02. The molecule has 2 aliphatic heterocycles. The van der Waals surface area contributed by atoms with Crippen LogP contribution in [0.2, 0.25) is 0 Å². The Bertz CT molecular complexity index is 2720. The molecule has 2 aromatic heterocycles. The van der Waals surface area contributed by atoms with E-state index in [4.69, 9.17) is 4.99 Å². The molecule has 10 rings (SSSR count). The van der Waals surface area contributed by atoms with Gasteiger partial charge < -0.3 is 4.57 Å². The molecule has 2 N–H and O–H groups in total. The second kappa shape index (κ2) is 10.6. The number of hydrogen-bond acceptors (Lipinski definition) is 3. The Morgan fingerprint density at radius 2 is 1.21 bits per heavy atom. The van der Waals surface area contributed by atoms with Crippen LogP contribution < -0.4 is 10.9 Å². The fourth-order valence-corrected chi connectivity index (χ4v) is 7.68. The van der Waals surface area contributed by atoms with Crippen LogP contribution in [0.1, 0.15) is 18.4 Å². The summed E-state index contributed by atoms with van der Waals surface area (Å²) >= 11 is 0. The van der Waals surface area contributed by atoms with Crippen LogP contribution in [0.5, 0.6) is 0 Å². The van der Waals surface area contributed by atoms with Gasteiger partial charge in [-0.1, -0.05) is 97.1 Å². The molecule has 48 heavy (non-hydrogen) atoms. The number of nitrogens with zero attached hydrogens (tertiary/aromatic N) is 3. The quantitative estimate of drug-likeness (QED) is 0.207. The van der Waals surface area contributed by atoms with E-state index in [9.17, 15) is 0 Å². The summed E-state index contributed by atoms with van der Waals surface area (Å²) in [6.45, 7) is 0. The zero-order chi connectivity index (χ0) is 31.6. The van der Waals surface area contributed by atoms with Gasteiger partial charge in [-0.2, -0.15) is 0 Å². The van der Waals surface area contributed by atoms with Gasteiger partial charge in [0.1, 0.15) is 5.82 Å². The molecular formula is C43H31N5. The molecule has 0 saturated heterocycles. The van der Waals surface area contributed by atoms with Crippen molar-refractivity contribution in [3.63, 3.8) is 0 Å². The molecule has 0 atom stereocenters. The van der Waals surface area contributed by atoms with Gasteiger partial charge in [0, 0.05) is 44.6 Å². The maximum atomic E-state index is 5.12. The van der Waals surface area contributed by atoms with Gasteiger partial charge in [0.2, 0.25) is 0 Å². The van der Waals surface area contributed by atoms with Gasteiger partial charge in [-0.05, 0) is 72.2 Å². The van der Waals surface area contributed by atoms with E-state index in [-0.39, 0.29) is 0 Å². The number of hydrazine groups is 1. The largest absolute Gasteiger partial charge is 0.309 e. The van der Waals surface area contributed by atoms with E-state index in [1.54, 1.807) is 0 Å². The van der Waals surface area contributed by atoms with E-state index in [1.165, 1.54) is 48.9 Å². The zero-order valence-corrected chi connectivity index (χ0v) is 26.2. The van der Waals surface area contributed by atoms with E-state index in [0.29, 0.717) is 0 Å². The van der Waals surface area contributed by atoms with Gasteiger partial charge in [-0.3, -0.25) is 20.4 Å². The first-order chi connectivity index (χ1) is 23.8. The van der Waals surface area contributed by atoms with Crippen LogP contribution in [0.3, 0.4) is 0 Å². The van der Waals surface area contributed by atoms with Crippen molar-refractivity contribution >= 4 is 72.1 Å². The maximum Gasteiger partial charge on any atom is 0.135 e. The maximum absolute atomic E-state index is 5.12. The molecule has 4 heterocycles. The van der Waals surface area contributed by atoms with Crippen molar-refractivity contribution in [3.8, 4) is 5.69 Å². The van der Waals surface area contributed by atoms with Crippen LogP contribution in [0, 0.1) is 0 Å². The topological polar surface area (TPSA) is 46.3 Å². The van der Waals surface area contributed by atoms with Crippen molar-refractivity contribution in [3.05, 3.63) is 162 Å². The third-order valence-corrected chi connectivity index (χ3v) is 9.84. The van der Waals surface area contributed by atoms with E-state index in [1.807, 2.05) is 6.21 Å². The summed E-state index contributed by atoms with van der Waals surface area (Å²) in [6, 6.07) is 48.0. The summed E-state index contributed by atoms with van der Waals surface area (Å²) in [5, 5.41) is 7.41. The lowest BCUT2D eigenvalue weighted by molar-refractivity contribution is 0.739. The molecule has 0 saturated carbocycles. The molecule has 0 aliphatic carbocycles. The van der Waals surface area contributed by atoms with Gasteiger partial charge in [-0.15, -0.1) is 0 Å². The Labute approximate surface area is 277 Å². The first-order valence-corrected chi connectivity index (χ1v) is 16.5. The van der Waals surface area contributed by atoms with Crippen molar-refractivity contribution in [2.75, 3.05) is 0 Å². The second-order valence-electron chi connectivity index (χ2n) is 12.5. The fourth-order valence-electron chi connectivity index (χ4n) is 7.68. The number of nitrogens with one attached hydrogen (secondary N) is 2. The molecule has 5 heteroatoms. The third-order valence-electron chi connectivity index (χ3n) is 9.84. The SMILES string of the molecule is C1=CCCC2=C(n3c4ccccc4c4cc5ccccc5cc43)NNC(c3ccc4c5ccccc5n(-c5ccccc5)c4c3)=C2N=C1. The number of rotatable bonds is 3. The molecule has 0 spiro atoms. The standard InChI is InChI=1S/C43H31N5/c1-3-15-31(16-4-1)47-37-20-10-8-17-32(37)34-23-22-30(27-39(34)47)41-42-35(19-5-2-12-24-44-42)43(46-45-41)48-38-21-11-9-18-33(38)36-25-28-13-6-7-14-29(28)26-40(36)48/h1-4,6-18,20-27,45-46H,5,19H2. The summed E-state index contributed by atoms with van der Waals surface area (Å²) in [4.78, 5) is 5.12. The predicted octanol–water partition coefficient (Wildman–Crippen LogP) is 10.1. The van der Waals surface area contributed by atoms with E-state index >= 15 is 0 Å². The first kappa shape index (κ1) is 26.8. The number of aromatic nitrogens is 2. The Kier molecular flexibility index (Phi) is 5.93. The highest BCUT2D eigenvalue weighted by atomic mass is 15.4. The lowest BCUT2D eigenvalue weighted by Crippen LogP contribution is -2.36. The number of benzene rings is 6. The van der Waals surface area contributed by atoms with Crippen molar-refractivity contribution in [2.24, 2.45) is 4.99 Å². The van der Waals surface area contributed by atoms with Gasteiger partial charge in [0.25, 0.3) is 0 Å². The summed E-state index contributed by atoms with van der Waals surface area (Å²) in [7, 11) is 0. The number of fused-ring (bicyclic) bond motifs is 8. The Morgan fingerprint density at radius 3 is 2.04 bits per heavy atom. The zero-order valence-electron chi connectivity index (χ0n) is 26.2. The molecule has 6 aromatic carbocycles. The predicted molar refractivity (Wildman–Crippen MR) is 201 cm³/mol. The number of hydrogen-bond donors (Lipinski definition) is 2. The Morgan fingerprint density at radius 1 is 0.542 bits per heavy atom. The van der Waals surface area contributed by atoms with E-state index in [0.717, 1.165) is 52.3 Å². The monoisotopic (exact) mass is 617 g/mol. The number of aliphatic imine (C=N–C) groups is 1. The smallest absolute Gasteiger partial charge is 0.135 e. The van der Waals surface area contributed by atoms with Gasteiger partial charge >= 0.3 is 0 Å². The van der Waals surface area contributed by atoms with Crippen LogP contribution in [-0.2, 0) is 0 Å². The molecule has 0 fully saturated rings. The van der Waals surface area contributed by atoms with Crippen LogP contribution in [0.4, 0.5) is 0 Å². The van der Waals surface area contributed by atoms with Crippen LogP contribution in [-0.4, -0.2) is 15.3 Å². The Hall–Kier alpha value is -6.33. The van der Waals surface area contributed by atoms with Crippen molar-refractivity contribution in [1.29, 1.82) is 0 Å². The minimum atomic E-state index is 0.852. The van der Waals surface area contributed by atoms with E-state index in [2.05, 4.69) is 166 Å². The number of allylic oxidation sites excluding steroid dienone is 3. The summed E-state index contributed by atoms with van der Waals surface area (Å²) in [6.07, 6.45) is 7.97. The molecule has 0 amide bonds. The van der Waals surface area contributed by atoms with Crippen LogP contribution in [0.25, 0.3) is 71.6 Å². The van der Waals surface area contributed by atoms with Crippen molar-refractivity contribution in [1.82, 2.24) is 20.0 Å². The average molecular weight is 618 g/mol. The molecule has 0 bridgehead atoms. The first-order valence-electron chi connectivity index (χ1n) is 16.5. The number of para-hydroxylation sites is 3. The average Bonchev–Trinajstić information content (AvgIpc) is 3.63. The lowest BCUT2D eigenvalue weighted by atomic mass is 9.98. The normalized spacial score (nSPS) is 14.9. The minimum Gasteiger partial charge on any atom is -0.309 e. The molecule has 5 nitrogen and oxygen atoms in total. The van der Waals surface area contributed by atoms with E-state index < -0.39 is 0 Å².